The van der Waals surface area contributed by atoms with Crippen LogP contribution >= 0.6 is 19.4 Å². The van der Waals surface area contributed by atoms with E-state index in [0.29, 0.717) is 11.0 Å². The van der Waals surface area contributed by atoms with Gasteiger partial charge < -0.3 is 25.0 Å². The molecule has 0 saturated heterocycles. The van der Waals surface area contributed by atoms with Gasteiger partial charge in [0, 0.05) is 12.3 Å². The van der Waals surface area contributed by atoms with Crippen LogP contribution in [0, 0.1) is 0 Å². The van der Waals surface area contributed by atoms with Crippen LogP contribution in [0.1, 0.15) is 0 Å². The molecule has 0 aliphatic heterocycles. The number of nitrogens with two attached hydrogens (primary N) is 1. The molecule has 0 bridgehead atoms. The third kappa shape index (κ3) is 6.29. The average molecular weight is 295 g/mol. The van der Waals surface area contributed by atoms with E-state index in [1.165, 1.54) is 18.0 Å². The predicted octanol–water partition coefficient (Wildman–Crippen LogP) is 0.0139. The number of hydrogen-bond donors (Lipinski definition) is 3. The SMILES string of the molecule is CSc1nccc(OCC(N)OCP(=O)(O)O)n1. The van der Waals surface area contributed by atoms with Gasteiger partial charge in [0.1, 0.15) is 12.8 Å². The molecule has 1 aromatic heterocycles. The number of aromatic nitrogens is 2. The third-order valence-electron chi connectivity index (χ3n) is 1.64. The van der Waals surface area contributed by atoms with Crippen molar-refractivity contribution in [2.45, 2.75) is 11.4 Å². The highest BCUT2D eigenvalue weighted by molar-refractivity contribution is 7.98. The Kier molecular flexibility index (Phi) is 6.00. The average Bonchev–Trinajstić information content (AvgIpc) is 2.33. The van der Waals surface area contributed by atoms with Crippen molar-refractivity contribution in [2.24, 2.45) is 5.73 Å². The molecule has 0 spiro atoms. The topological polar surface area (TPSA) is 128 Å². The van der Waals surface area contributed by atoms with Crippen LogP contribution in [0.2, 0.25) is 0 Å². The van der Waals surface area contributed by atoms with Gasteiger partial charge in [-0.1, -0.05) is 11.8 Å². The van der Waals surface area contributed by atoms with Gasteiger partial charge in [-0.2, -0.15) is 4.98 Å². The summed E-state index contributed by atoms with van der Waals surface area (Å²) >= 11 is 1.36. The molecule has 1 rings (SSSR count). The number of ether oxygens (including phenoxy) is 2. The van der Waals surface area contributed by atoms with Crippen LogP contribution in [0.3, 0.4) is 0 Å². The number of hydrogen-bond acceptors (Lipinski definition) is 7. The van der Waals surface area contributed by atoms with E-state index in [2.05, 4.69) is 9.97 Å². The summed E-state index contributed by atoms with van der Waals surface area (Å²) in [4.78, 5) is 25.2. The van der Waals surface area contributed by atoms with Crippen LogP contribution in [0.25, 0.3) is 0 Å². The van der Waals surface area contributed by atoms with Gasteiger partial charge in [-0.15, -0.1) is 0 Å². The number of rotatable bonds is 7. The molecule has 10 heteroatoms. The fourth-order valence-corrected chi connectivity index (χ4v) is 1.65. The molecule has 1 atom stereocenters. The first-order chi connectivity index (χ1) is 8.40. The van der Waals surface area contributed by atoms with Crippen molar-refractivity contribution in [3.8, 4) is 5.88 Å². The highest BCUT2D eigenvalue weighted by Crippen LogP contribution is 2.34. The van der Waals surface area contributed by atoms with Gasteiger partial charge in [-0.3, -0.25) is 4.57 Å². The molecule has 0 radical (unpaired) electrons. The molecule has 0 saturated carbocycles. The molecule has 0 aliphatic carbocycles. The van der Waals surface area contributed by atoms with Crippen molar-refractivity contribution < 1.29 is 23.8 Å². The Labute approximate surface area is 108 Å². The van der Waals surface area contributed by atoms with Gasteiger partial charge in [0.05, 0.1) is 0 Å². The molecule has 0 fully saturated rings. The number of thioether (sulfide) groups is 1. The fourth-order valence-electron chi connectivity index (χ4n) is 0.912. The minimum Gasteiger partial charge on any atom is -0.473 e. The lowest BCUT2D eigenvalue weighted by molar-refractivity contribution is 0.0410. The van der Waals surface area contributed by atoms with E-state index >= 15 is 0 Å². The second kappa shape index (κ2) is 7.03. The fraction of sp³-hybridized carbons (Fsp3) is 0.500. The maximum absolute atomic E-state index is 10.5. The Morgan fingerprint density at radius 3 is 2.94 bits per heavy atom. The monoisotopic (exact) mass is 295 g/mol. The molecule has 0 amide bonds. The summed E-state index contributed by atoms with van der Waals surface area (Å²) in [7, 11) is -4.21. The summed E-state index contributed by atoms with van der Waals surface area (Å²) < 4.78 is 20.5. The molecule has 1 heterocycles. The van der Waals surface area contributed by atoms with E-state index in [-0.39, 0.29) is 6.61 Å². The Bertz CT molecular complexity index is 429. The van der Waals surface area contributed by atoms with E-state index < -0.39 is 20.2 Å². The molecule has 0 aliphatic rings. The molecule has 8 nitrogen and oxygen atoms in total. The number of nitrogens with zero attached hydrogens (tertiary/aromatic N) is 2. The van der Waals surface area contributed by atoms with Crippen LogP contribution < -0.4 is 10.5 Å². The van der Waals surface area contributed by atoms with Crippen LogP contribution in [-0.4, -0.2) is 45.2 Å². The summed E-state index contributed by atoms with van der Waals surface area (Å²) in [5, 5.41) is 0.553. The van der Waals surface area contributed by atoms with E-state index in [0.717, 1.165) is 0 Å². The zero-order chi connectivity index (χ0) is 13.6. The molecular formula is C8H14N3O5PS. The second-order valence-electron chi connectivity index (χ2n) is 3.19. The maximum atomic E-state index is 10.5. The highest BCUT2D eigenvalue weighted by atomic mass is 32.2. The first kappa shape index (κ1) is 15.4. The Morgan fingerprint density at radius 1 is 1.61 bits per heavy atom. The largest absolute Gasteiger partial charge is 0.473 e. The lowest BCUT2D eigenvalue weighted by Gasteiger charge is -2.14. The first-order valence-electron chi connectivity index (χ1n) is 4.82. The summed E-state index contributed by atoms with van der Waals surface area (Å²) in [5.41, 5.74) is 5.46. The van der Waals surface area contributed by atoms with Gasteiger partial charge in [-0.05, 0) is 6.26 Å². The molecule has 1 aromatic rings. The zero-order valence-electron chi connectivity index (χ0n) is 9.59. The van der Waals surface area contributed by atoms with Crippen LogP contribution in [0.15, 0.2) is 17.4 Å². The van der Waals surface area contributed by atoms with Crippen molar-refractivity contribution in [1.82, 2.24) is 9.97 Å². The maximum Gasteiger partial charge on any atom is 0.351 e. The lowest BCUT2D eigenvalue weighted by Crippen LogP contribution is -2.31. The molecule has 1 unspecified atom stereocenters. The standard InChI is InChI=1S/C8H14N3O5PS/c1-18-8-10-3-2-7(11-8)15-4-6(9)16-5-17(12,13)14/h2-3,6H,4-5,9H2,1H3,(H2,12,13,14). The highest BCUT2D eigenvalue weighted by Gasteiger charge is 2.16. The predicted molar refractivity (Wildman–Crippen MR) is 65.3 cm³/mol. The van der Waals surface area contributed by atoms with Gasteiger partial charge in [0.15, 0.2) is 11.5 Å². The van der Waals surface area contributed by atoms with Crippen molar-refractivity contribution in [1.29, 1.82) is 0 Å². The van der Waals surface area contributed by atoms with E-state index in [9.17, 15) is 4.57 Å². The molecule has 102 valence electrons. The van der Waals surface area contributed by atoms with Crippen LogP contribution in [0.5, 0.6) is 5.88 Å². The van der Waals surface area contributed by atoms with Crippen LogP contribution in [0.4, 0.5) is 0 Å². The van der Waals surface area contributed by atoms with Crippen molar-refractivity contribution in [2.75, 3.05) is 19.2 Å². The Hall–Kier alpha value is -0.700. The van der Waals surface area contributed by atoms with E-state index in [4.69, 9.17) is 25.0 Å². The van der Waals surface area contributed by atoms with Crippen molar-refractivity contribution in [3.05, 3.63) is 12.3 Å². The molecule has 0 aromatic carbocycles. The smallest absolute Gasteiger partial charge is 0.351 e. The Morgan fingerprint density at radius 2 is 2.33 bits per heavy atom. The zero-order valence-corrected chi connectivity index (χ0v) is 11.3. The minimum atomic E-state index is -4.21. The van der Waals surface area contributed by atoms with Gasteiger partial charge in [0.25, 0.3) is 0 Å². The normalized spacial score (nSPS) is 13.3. The minimum absolute atomic E-state index is 0.0646. The van der Waals surface area contributed by atoms with Gasteiger partial charge in [0.2, 0.25) is 5.88 Å². The third-order valence-corrected chi connectivity index (χ3v) is 2.69. The summed E-state index contributed by atoms with van der Waals surface area (Å²) in [6.45, 7) is -0.0646. The molecule has 18 heavy (non-hydrogen) atoms. The van der Waals surface area contributed by atoms with E-state index in [1.807, 2.05) is 6.26 Å². The molecule has 4 N–H and O–H groups in total. The van der Waals surface area contributed by atoms with E-state index in [1.54, 1.807) is 6.07 Å². The van der Waals surface area contributed by atoms with Crippen LogP contribution in [-0.2, 0) is 9.30 Å². The lowest BCUT2D eigenvalue weighted by atomic mass is 10.6. The summed E-state index contributed by atoms with van der Waals surface area (Å²) in [6.07, 6.45) is 1.69. The Balaban J connectivity index is 2.37. The summed E-state index contributed by atoms with van der Waals surface area (Å²) in [5.74, 6) is 0.324. The molecular weight excluding hydrogens is 281 g/mol. The summed E-state index contributed by atoms with van der Waals surface area (Å²) in [6, 6.07) is 1.55. The van der Waals surface area contributed by atoms with Gasteiger partial charge >= 0.3 is 7.60 Å². The van der Waals surface area contributed by atoms with Crippen molar-refractivity contribution >= 4 is 19.4 Å². The van der Waals surface area contributed by atoms with Crippen molar-refractivity contribution in [3.63, 3.8) is 0 Å². The second-order valence-corrected chi connectivity index (χ2v) is 5.55. The van der Waals surface area contributed by atoms with Gasteiger partial charge in [-0.25, -0.2) is 4.98 Å². The quantitative estimate of drug-likeness (QED) is 0.276. The first-order valence-corrected chi connectivity index (χ1v) is 7.84.